The molecule has 0 saturated heterocycles. The summed E-state index contributed by atoms with van der Waals surface area (Å²) in [5.41, 5.74) is 6.76. The van der Waals surface area contributed by atoms with Crippen LogP contribution in [-0.4, -0.2) is 24.1 Å². The summed E-state index contributed by atoms with van der Waals surface area (Å²) in [6.07, 6.45) is 1.40. The SMILES string of the molecule is COc1cccc(CN(C)c2ncnc(N)c2Cl)c1. The van der Waals surface area contributed by atoms with Gasteiger partial charge in [0.25, 0.3) is 0 Å². The summed E-state index contributed by atoms with van der Waals surface area (Å²) in [7, 11) is 3.54. The summed E-state index contributed by atoms with van der Waals surface area (Å²) in [5, 5.41) is 0.368. The first-order valence-electron chi connectivity index (χ1n) is 5.72. The van der Waals surface area contributed by atoms with Crippen LogP contribution in [0.25, 0.3) is 0 Å². The smallest absolute Gasteiger partial charge is 0.153 e. The maximum atomic E-state index is 6.10. The number of nitrogen functional groups attached to an aromatic ring is 1. The van der Waals surface area contributed by atoms with E-state index >= 15 is 0 Å². The molecular formula is C13H15ClN4O. The Bertz CT molecular complexity index is 576. The molecule has 0 saturated carbocycles. The van der Waals surface area contributed by atoms with E-state index in [9.17, 15) is 0 Å². The van der Waals surface area contributed by atoms with Crippen molar-refractivity contribution in [3.8, 4) is 5.75 Å². The molecule has 0 aliphatic rings. The van der Waals surface area contributed by atoms with Gasteiger partial charge in [-0.05, 0) is 17.7 Å². The molecular weight excluding hydrogens is 264 g/mol. The average Bonchev–Trinajstić information content (AvgIpc) is 2.42. The lowest BCUT2D eigenvalue weighted by Gasteiger charge is -2.19. The highest BCUT2D eigenvalue weighted by molar-refractivity contribution is 6.35. The molecule has 0 unspecified atom stereocenters. The predicted molar refractivity (Wildman–Crippen MR) is 76.6 cm³/mol. The number of nitrogens with two attached hydrogens (primary N) is 1. The molecule has 19 heavy (non-hydrogen) atoms. The number of rotatable bonds is 4. The number of ether oxygens (including phenoxy) is 1. The van der Waals surface area contributed by atoms with Crippen LogP contribution < -0.4 is 15.4 Å². The highest BCUT2D eigenvalue weighted by Crippen LogP contribution is 2.27. The zero-order valence-corrected chi connectivity index (χ0v) is 11.6. The molecule has 1 aromatic heterocycles. The summed E-state index contributed by atoms with van der Waals surface area (Å²) in [6.45, 7) is 0.646. The third-order valence-corrected chi connectivity index (χ3v) is 3.08. The fraction of sp³-hybridized carbons (Fsp3) is 0.231. The first kappa shape index (κ1) is 13.4. The van der Waals surface area contributed by atoms with Crippen molar-refractivity contribution in [3.63, 3.8) is 0 Å². The maximum Gasteiger partial charge on any atom is 0.153 e. The Morgan fingerprint density at radius 3 is 2.89 bits per heavy atom. The van der Waals surface area contributed by atoms with E-state index in [2.05, 4.69) is 9.97 Å². The minimum atomic E-state index is 0.282. The number of benzene rings is 1. The number of hydrogen-bond acceptors (Lipinski definition) is 5. The Morgan fingerprint density at radius 1 is 1.37 bits per heavy atom. The molecule has 0 aliphatic carbocycles. The third-order valence-electron chi connectivity index (χ3n) is 2.71. The van der Waals surface area contributed by atoms with Gasteiger partial charge in [0.2, 0.25) is 0 Å². The molecule has 2 aromatic rings. The van der Waals surface area contributed by atoms with Gasteiger partial charge in [-0.1, -0.05) is 23.7 Å². The monoisotopic (exact) mass is 278 g/mol. The standard InChI is InChI=1S/C13H15ClN4O/c1-18(13-11(14)12(15)16-8-17-13)7-9-4-3-5-10(6-9)19-2/h3-6,8H,7H2,1-2H3,(H2,15,16,17). The van der Waals surface area contributed by atoms with Crippen molar-refractivity contribution in [1.82, 2.24) is 9.97 Å². The molecule has 1 aromatic carbocycles. The molecule has 1 heterocycles. The fourth-order valence-corrected chi connectivity index (χ4v) is 2.00. The molecule has 2 rings (SSSR count). The van der Waals surface area contributed by atoms with Crippen LogP contribution in [0.1, 0.15) is 5.56 Å². The van der Waals surface area contributed by atoms with Gasteiger partial charge >= 0.3 is 0 Å². The second-order valence-corrected chi connectivity index (χ2v) is 4.48. The highest BCUT2D eigenvalue weighted by atomic mass is 35.5. The Kier molecular flexibility index (Phi) is 4.06. The van der Waals surface area contributed by atoms with E-state index in [1.54, 1.807) is 7.11 Å². The van der Waals surface area contributed by atoms with Crippen molar-refractivity contribution in [3.05, 3.63) is 41.2 Å². The van der Waals surface area contributed by atoms with E-state index < -0.39 is 0 Å². The van der Waals surface area contributed by atoms with Crippen molar-refractivity contribution in [2.75, 3.05) is 24.8 Å². The number of anilines is 2. The van der Waals surface area contributed by atoms with Crippen molar-refractivity contribution >= 4 is 23.2 Å². The van der Waals surface area contributed by atoms with Crippen LogP contribution in [0.2, 0.25) is 5.02 Å². The minimum Gasteiger partial charge on any atom is -0.497 e. The molecule has 0 bridgehead atoms. The largest absolute Gasteiger partial charge is 0.497 e. The van der Waals surface area contributed by atoms with E-state index in [0.717, 1.165) is 11.3 Å². The first-order chi connectivity index (χ1) is 9.11. The summed E-state index contributed by atoms with van der Waals surface area (Å²) in [6, 6.07) is 7.82. The van der Waals surface area contributed by atoms with Crippen molar-refractivity contribution in [2.24, 2.45) is 0 Å². The third kappa shape index (κ3) is 3.06. The summed E-state index contributed by atoms with van der Waals surface area (Å²) in [4.78, 5) is 9.91. The van der Waals surface area contributed by atoms with E-state index in [1.807, 2.05) is 36.2 Å². The Morgan fingerprint density at radius 2 is 2.16 bits per heavy atom. The van der Waals surface area contributed by atoms with Gasteiger partial charge in [0, 0.05) is 13.6 Å². The van der Waals surface area contributed by atoms with Crippen molar-refractivity contribution in [2.45, 2.75) is 6.54 Å². The summed E-state index contributed by atoms with van der Waals surface area (Å²) in [5.74, 6) is 1.71. The zero-order chi connectivity index (χ0) is 13.8. The summed E-state index contributed by atoms with van der Waals surface area (Å²) < 4.78 is 5.19. The Labute approximate surface area is 117 Å². The van der Waals surface area contributed by atoms with Gasteiger partial charge < -0.3 is 15.4 Å². The van der Waals surface area contributed by atoms with Crippen LogP contribution in [0.3, 0.4) is 0 Å². The number of halogens is 1. The van der Waals surface area contributed by atoms with Gasteiger partial charge in [0.05, 0.1) is 7.11 Å². The van der Waals surface area contributed by atoms with Gasteiger partial charge in [0.15, 0.2) is 5.82 Å². The van der Waals surface area contributed by atoms with Gasteiger partial charge in [-0.3, -0.25) is 0 Å². The van der Waals surface area contributed by atoms with E-state index in [-0.39, 0.29) is 5.82 Å². The average molecular weight is 279 g/mol. The van der Waals surface area contributed by atoms with Crippen LogP contribution in [0.15, 0.2) is 30.6 Å². The quantitative estimate of drug-likeness (QED) is 0.930. The normalized spacial score (nSPS) is 10.3. The molecule has 100 valence electrons. The lowest BCUT2D eigenvalue weighted by Crippen LogP contribution is -2.18. The van der Waals surface area contributed by atoms with Crippen LogP contribution in [-0.2, 0) is 6.54 Å². The lowest BCUT2D eigenvalue weighted by atomic mass is 10.2. The molecule has 0 spiro atoms. The summed E-state index contributed by atoms with van der Waals surface area (Å²) >= 11 is 6.10. The van der Waals surface area contributed by atoms with E-state index in [1.165, 1.54) is 6.33 Å². The molecule has 0 fully saturated rings. The van der Waals surface area contributed by atoms with Crippen molar-refractivity contribution < 1.29 is 4.74 Å². The minimum absolute atomic E-state index is 0.282. The Balaban J connectivity index is 2.20. The molecule has 0 aliphatic heterocycles. The molecule has 0 radical (unpaired) electrons. The number of aromatic nitrogens is 2. The number of nitrogens with zero attached hydrogens (tertiary/aromatic N) is 3. The second kappa shape index (κ2) is 5.75. The number of methoxy groups -OCH3 is 1. The fourth-order valence-electron chi connectivity index (χ4n) is 1.76. The first-order valence-corrected chi connectivity index (χ1v) is 6.09. The van der Waals surface area contributed by atoms with Gasteiger partial charge in [-0.25, -0.2) is 9.97 Å². The molecule has 6 heteroatoms. The van der Waals surface area contributed by atoms with Crippen LogP contribution >= 0.6 is 11.6 Å². The highest BCUT2D eigenvalue weighted by Gasteiger charge is 2.11. The maximum absolute atomic E-state index is 6.10. The van der Waals surface area contributed by atoms with Gasteiger partial charge in [-0.15, -0.1) is 0 Å². The predicted octanol–water partition coefficient (Wildman–Crippen LogP) is 2.36. The number of hydrogen-bond donors (Lipinski definition) is 1. The van der Waals surface area contributed by atoms with Crippen LogP contribution in [0, 0.1) is 0 Å². The molecule has 2 N–H and O–H groups in total. The van der Waals surface area contributed by atoms with Crippen LogP contribution in [0.4, 0.5) is 11.6 Å². The second-order valence-electron chi connectivity index (χ2n) is 4.10. The van der Waals surface area contributed by atoms with Gasteiger partial charge in [-0.2, -0.15) is 0 Å². The van der Waals surface area contributed by atoms with Crippen molar-refractivity contribution in [1.29, 1.82) is 0 Å². The zero-order valence-electron chi connectivity index (χ0n) is 10.8. The molecule has 0 atom stereocenters. The van der Waals surface area contributed by atoms with E-state index in [0.29, 0.717) is 17.4 Å². The molecule has 5 nitrogen and oxygen atoms in total. The van der Waals surface area contributed by atoms with E-state index in [4.69, 9.17) is 22.1 Å². The molecule has 0 amide bonds. The lowest BCUT2D eigenvalue weighted by molar-refractivity contribution is 0.414. The van der Waals surface area contributed by atoms with Crippen LogP contribution in [0.5, 0.6) is 5.75 Å². The Hall–Kier alpha value is -2.01. The van der Waals surface area contributed by atoms with Gasteiger partial charge in [0.1, 0.15) is 22.9 Å². The topological polar surface area (TPSA) is 64.3 Å².